The first-order valence-corrected chi connectivity index (χ1v) is 8.30. The molecule has 0 amide bonds. The predicted octanol–water partition coefficient (Wildman–Crippen LogP) is 4.81. The van der Waals surface area contributed by atoms with Crippen molar-refractivity contribution in [3.8, 4) is 11.6 Å². The maximum Gasteiger partial charge on any atom is 0.223 e. The van der Waals surface area contributed by atoms with Crippen molar-refractivity contribution in [2.45, 2.75) is 38.6 Å². The largest absolute Gasteiger partial charge is 0.439 e. The van der Waals surface area contributed by atoms with Gasteiger partial charge < -0.3 is 4.74 Å². The van der Waals surface area contributed by atoms with Gasteiger partial charge in [0.2, 0.25) is 5.88 Å². The summed E-state index contributed by atoms with van der Waals surface area (Å²) in [5.74, 6) is 1.60. The summed E-state index contributed by atoms with van der Waals surface area (Å²) in [5, 5.41) is 0. The molecule has 3 rings (SSSR count). The number of nitrogens with zero attached hydrogens (tertiary/aromatic N) is 2. The summed E-state index contributed by atoms with van der Waals surface area (Å²) in [7, 11) is 0. The second-order valence-corrected chi connectivity index (χ2v) is 5.86. The lowest BCUT2D eigenvalue weighted by Crippen LogP contribution is -2.24. The molecule has 22 heavy (non-hydrogen) atoms. The van der Waals surface area contributed by atoms with Gasteiger partial charge in [0.15, 0.2) is 0 Å². The molecule has 0 radical (unpaired) electrons. The maximum absolute atomic E-state index is 6.04. The van der Waals surface area contributed by atoms with E-state index in [1.165, 1.54) is 44.3 Å². The van der Waals surface area contributed by atoms with Gasteiger partial charge >= 0.3 is 0 Å². The van der Waals surface area contributed by atoms with Crippen LogP contribution < -0.4 is 4.74 Å². The van der Waals surface area contributed by atoms with Crippen LogP contribution in [0.3, 0.4) is 0 Å². The zero-order valence-electron chi connectivity index (χ0n) is 13.2. The van der Waals surface area contributed by atoms with Gasteiger partial charge in [0.25, 0.3) is 0 Å². The SMILES string of the molecule is CCCCN1CCC[C@H]1c1cccnc1Oc1ccccc1. The standard InChI is InChI=1S/C19H24N2O/c1-2-3-14-21-15-8-12-18(21)17-11-7-13-20-19(17)22-16-9-5-4-6-10-16/h4-7,9-11,13,18H,2-3,8,12,14-15H2,1H3/t18-/m0/s1. The van der Waals surface area contributed by atoms with Crippen LogP contribution >= 0.6 is 0 Å². The van der Waals surface area contributed by atoms with Crippen LogP contribution in [0.15, 0.2) is 48.7 Å². The van der Waals surface area contributed by atoms with Gasteiger partial charge in [0.1, 0.15) is 5.75 Å². The van der Waals surface area contributed by atoms with E-state index in [0.29, 0.717) is 6.04 Å². The van der Waals surface area contributed by atoms with Crippen molar-refractivity contribution in [3.05, 3.63) is 54.2 Å². The number of unbranched alkanes of at least 4 members (excludes halogenated alkanes) is 1. The Morgan fingerprint density at radius 3 is 2.86 bits per heavy atom. The van der Waals surface area contributed by atoms with Crippen LogP contribution in [0.1, 0.15) is 44.2 Å². The molecule has 1 aliphatic heterocycles. The Bertz CT molecular complexity index is 585. The molecule has 2 aromatic rings. The smallest absolute Gasteiger partial charge is 0.223 e. The Balaban J connectivity index is 1.81. The number of likely N-dealkylation sites (tertiary alicyclic amines) is 1. The second kappa shape index (κ2) is 7.41. The minimum Gasteiger partial charge on any atom is -0.439 e. The molecule has 0 spiro atoms. The number of aromatic nitrogens is 1. The molecule has 1 saturated heterocycles. The van der Waals surface area contributed by atoms with E-state index in [1.54, 1.807) is 0 Å². The summed E-state index contributed by atoms with van der Waals surface area (Å²) >= 11 is 0. The van der Waals surface area contributed by atoms with Gasteiger partial charge in [0.05, 0.1) is 0 Å². The van der Waals surface area contributed by atoms with Crippen molar-refractivity contribution in [1.29, 1.82) is 0 Å². The highest BCUT2D eigenvalue weighted by Crippen LogP contribution is 2.37. The van der Waals surface area contributed by atoms with E-state index in [2.05, 4.69) is 22.9 Å². The Morgan fingerprint density at radius 2 is 2.05 bits per heavy atom. The van der Waals surface area contributed by atoms with Gasteiger partial charge in [-0.05, 0) is 50.6 Å². The number of hydrogen-bond acceptors (Lipinski definition) is 3. The predicted molar refractivity (Wildman–Crippen MR) is 89.2 cm³/mol. The molecular formula is C19H24N2O. The fourth-order valence-corrected chi connectivity index (χ4v) is 3.15. The van der Waals surface area contributed by atoms with Crippen LogP contribution in [-0.4, -0.2) is 23.0 Å². The topological polar surface area (TPSA) is 25.4 Å². The third-order valence-electron chi connectivity index (χ3n) is 4.28. The van der Waals surface area contributed by atoms with Crippen molar-refractivity contribution < 1.29 is 4.74 Å². The zero-order valence-corrected chi connectivity index (χ0v) is 13.2. The van der Waals surface area contributed by atoms with Gasteiger partial charge in [-0.25, -0.2) is 4.98 Å². The minimum absolute atomic E-state index is 0.443. The van der Waals surface area contributed by atoms with Gasteiger partial charge in [-0.3, -0.25) is 4.90 Å². The van der Waals surface area contributed by atoms with Crippen LogP contribution in [0, 0.1) is 0 Å². The Hall–Kier alpha value is -1.87. The second-order valence-electron chi connectivity index (χ2n) is 5.86. The lowest BCUT2D eigenvalue weighted by molar-refractivity contribution is 0.248. The van der Waals surface area contributed by atoms with E-state index in [-0.39, 0.29) is 0 Å². The molecule has 1 aromatic heterocycles. The molecule has 0 N–H and O–H groups in total. The number of rotatable bonds is 6. The Kier molecular flexibility index (Phi) is 5.07. The molecule has 0 bridgehead atoms. The fraction of sp³-hybridized carbons (Fsp3) is 0.421. The van der Waals surface area contributed by atoms with Crippen LogP contribution in [0.2, 0.25) is 0 Å². The third-order valence-corrected chi connectivity index (χ3v) is 4.28. The van der Waals surface area contributed by atoms with Gasteiger partial charge in [-0.1, -0.05) is 37.6 Å². The molecule has 1 fully saturated rings. The van der Waals surface area contributed by atoms with E-state index in [0.717, 1.165) is 11.6 Å². The molecule has 3 nitrogen and oxygen atoms in total. The van der Waals surface area contributed by atoms with Crippen LogP contribution in [-0.2, 0) is 0 Å². The quantitative estimate of drug-likeness (QED) is 0.765. The van der Waals surface area contributed by atoms with E-state index >= 15 is 0 Å². The lowest BCUT2D eigenvalue weighted by atomic mass is 10.1. The summed E-state index contributed by atoms with van der Waals surface area (Å²) < 4.78 is 6.04. The van der Waals surface area contributed by atoms with Crippen LogP contribution in [0.5, 0.6) is 11.6 Å². The first-order chi connectivity index (χ1) is 10.9. The first-order valence-electron chi connectivity index (χ1n) is 8.30. The van der Waals surface area contributed by atoms with Gasteiger partial charge in [-0.15, -0.1) is 0 Å². The van der Waals surface area contributed by atoms with Crippen LogP contribution in [0.4, 0.5) is 0 Å². The van der Waals surface area contributed by atoms with Crippen LogP contribution in [0.25, 0.3) is 0 Å². The number of hydrogen-bond donors (Lipinski definition) is 0. The number of pyridine rings is 1. The number of para-hydroxylation sites is 1. The average Bonchev–Trinajstić information content (AvgIpc) is 3.03. The molecule has 1 aromatic carbocycles. The molecular weight excluding hydrogens is 272 g/mol. The maximum atomic E-state index is 6.04. The summed E-state index contributed by atoms with van der Waals surface area (Å²) in [6, 6.07) is 14.5. The monoisotopic (exact) mass is 296 g/mol. The molecule has 116 valence electrons. The van der Waals surface area contributed by atoms with E-state index in [9.17, 15) is 0 Å². The number of ether oxygens (including phenoxy) is 1. The highest BCUT2D eigenvalue weighted by Gasteiger charge is 2.28. The molecule has 0 unspecified atom stereocenters. The Labute approximate surface area is 132 Å². The average molecular weight is 296 g/mol. The Morgan fingerprint density at radius 1 is 1.18 bits per heavy atom. The van der Waals surface area contributed by atoms with Crippen molar-refractivity contribution in [2.75, 3.05) is 13.1 Å². The molecule has 0 saturated carbocycles. The van der Waals surface area contributed by atoms with Gasteiger partial charge in [0, 0.05) is 17.8 Å². The van der Waals surface area contributed by atoms with E-state index in [1.807, 2.05) is 42.6 Å². The fourth-order valence-electron chi connectivity index (χ4n) is 3.15. The van der Waals surface area contributed by atoms with Crippen molar-refractivity contribution in [1.82, 2.24) is 9.88 Å². The molecule has 2 heterocycles. The van der Waals surface area contributed by atoms with Crippen molar-refractivity contribution in [3.63, 3.8) is 0 Å². The minimum atomic E-state index is 0.443. The summed E-state index contributed by atoms with van der Waals surface area (Å²) in [4.78, 5) is 7.07. The summed E-state index contributed by atoms with van der Waals surface area (Å²) in [6.45, 7) is 4.60. The lowest BCUT2D eigenvalue weighted by Gasteiger charge is -2.25. The highest BCUT2D eigenvalue weighted by molar-refractivity contribution is 5.34. The van der Waals surface area contributed by atoms with Crippen molar-refractivity contribution >= 4 is 0 Å². The van der Waals surface area contributed by atoms with E-state index in [4.69, 9.17) is 4.74 Å². The van der Waals surface area contributed by atoms with Crippen molar-refractivity contribution in [2.24, 2.45) is 0 Å². The van der Waals surface area contributed by atoms with E-state index < -0.39 is 0 Å². The first kappa shape index (κ1) is 15.0. The zero-order chi connectivity index (χ0) is 15.2. The molecule has 3 heteroatoms. The summed E-state index contributed by atoms with van der Waals surface area (Å²) in [5.41, 5.74) is 1.22. The highest BCUT2D eigenvalue weighted by atomic mass is 16.5. The number of benzene rings is 1. The summed E-state index contributed by atoms with van der Waals surface area (Å²) in [6.07, 6.45) is 6.76. The third kappa shape index (κ3) is 3.47. The molecule has 0 aliphatic carbocycles. The normalized spacial score (nSPS) is 18.5. The molecule has 1 aliphatic rings. The van der Waals surface area contributed by atoms with Gasteiger partial charge in [-0.2, -0.15) is 0 Å². The molecule has 1 atom stereocenters.